The van der Waals surface area contributed by atoms with Gasteiger partial charge in [-0.1, -0.05) is 71.9 Å². The molecule has 2 aromatic heterocycles. The van der Waals surface area contributed by atoms with Crippen molar-refractivity contribution in [3.63, 3.8) is 0 Å². The van der Waals surface area contributed by atoms with E-state index in [2.05, 4.69) is 25.5 Å². The largest absolute Gasteiger partial charge is 0.301 e. The lowest BCUT2D eigenvalue weighted by atomic mass is 10.1. The van der Waals surface area contributed by atoms with E-state index in [-0.39, 0.29) is 11.7 Å². The fourth-order valence-corrected chi connectivity index (χ4v) is 4.20. The highest BCUT2D eigenvalue weighted by Crippen LogP contribution is 2.30. The van der Waals surface area contributed by atoms with Gasteiger partial charge >= 0.3 is 0 Å². The van der Waals surface area contributed by atoms with E-state index in [9.17, 15) is 4.79 Å². The zero-order chi connectivity index (χ0) is 20.2. The predicted molar refractivity (Wildman–Crippen MR) is 118 cm³/mol. The van der Waals surface area contributed by atoms with Crippen LogP contribution in [0.1, 0.15) is 10.4 Å². The minimum atomic E-state index is -0.134. The Bertz CT molecular complexity index is 1120. The number of benzene rings is 2. The Labute approximate surface area is 176 Å². The molecule has 2 heterocycles. The number of H-pyrrole nitrogens is 1. The first-order chi connectivity index (χ1) is 14.1. The fraction of sp³-hybridized carbons (Fsp3) is 0.143. The highest BCUT2D eigenvalue weighted by atomic mass is 32.2. The van der Waals surface area contributed by atoms with Gasteiger partial charge in [0, 0.05) is 16.0 Å². The Balaban J connectivity index is 1.36. The van der Waals surface area contributed by atoms with Crippen LogP contribution in [0.4, 0.5) is 5.13 Å². The zero-order valence-electron chi connectivity index (χ0n) is 16.0. The Kier molecular flexibility index (Phi) is 5.73. The van der Waals surface area contributed by atoms with Crippen LogP contribution in [0, 0.1) is 13.8 Å². The monoisotopic (exact) mass is 421 g/mol. The first-order valence-electron chi connectivity index (χ1n) is 9.03. The second-order valence-electron chi connectivity index (χ2n) is 6.46. The van der Waals surface area contributed by atoms with E-state index in [0.717, 1.165) is 21.7 Å². The smallest absolute Gasteiger partial charge is 0.236 e. The number of thiazole rings is 1. The fourth-order valence-electron chi connectivity index (χ4n) is 2.75. The molecule has 0 aliphatic carbocycles. The van der Waals surface area contributed by atoms with Crippen LogP contribution in [0.2, 0.25) is 0 Å². The van der Waals surface area contributed by atoms with Gasteiger partial charge in [-0.3, -0.25) is 9.89 Å². The van der Waals surface area contributed by atoms with Gasteiger partial charge < -0.3 is 5.32 Å². The molecular weight excluding hydrogens is 402 g/mol. The standard InChI is InChI=1S/C21H19N5OS2/c1-13-8-10-16(11-9-13)19-24-21(26-25-19)28-12-17(27)22-20-23-18(14(2)29-20)15-6-4-3-5-7-15/h3-11H,12H2,1-2H3,(H,22,23,27)(H,24,25,26). The summed E-state index contributed by atoms with van der Waals surface area (Å²) in [4.78, 5) is 22.4. The molecule has 1 amide bonds. The van der Waals surface area contributed by atoms with E-state index in [4.69, 9.17) is 0 Å². The molecule has 0 radical (unpaired) electrons. The highest BCUT2D eigenvalue weighted by molar-refractivity contribution is 7.99. The summed E-state index contributed by atoms with van der Waals surface area (Å²) in [5.74, 6) is 0.769. The van der Waals surface area contributed by atoms with Gasteiger partial charge in [0.2, 0.25) is 11.1 Å². The van der Waals surface area contributed by atoms with Crippen LogP contribution in [-0.2, 0) is 4.79 Å². The maximum atomic E-state index is 12.3. The SMILES string of the molecule is Cc1ccc(-c2nc(SCC(=O)Nc3nc(-c4ccccc4)c(C)s3)n[nH]2)cc1. The van der Waals surface area contributed by atoms with E-state index in [1.54, 1.807) is 0 Å². The molecule has 6 nitrogen and oxygen atoms in total. The Morgan fingerprint density at radius 2 is 1.79 bits per heavy atom. The van der Waals surface area contributed by atoms with Crippen LogP contribution in [-0.4, -0.2) is 31.8 Å². The number of nitrogens with zero attached hydrogens (tertiary/aromatic N) is 3. The number of hydrogen-bond donors (Lipinski definition) is 2. The second-order valence-corrected chi connectivity index (χ2v) is 8.60. The number of carbonyl (C=O) groups is 1. The maximum Gasteiger partial charge on any atom is 0.236 e. The normalized spacial score (nSPS) is 10.8. The van der Waals surface area contributed by atoms with Gasteiger partial charge in [0.25, 0.3) is 0 Å². The number of amides is 1. The van der Waals surface area contributed by atoms with Gasteiger partial charge in [-0.05, 0) is 13.8 Å². The quantitative estimate of drug-likeness (QED) is 0.431. The molecule has 0 bridgehead atoms. The third-order valence-electron chi connectivity index (χ3n) is 4.21. The zero-order valence-corrected chi connectivity index (χ0v) is 17.6. The van der Waals surface area contributed by atoms with Crippen molar-refractivity contribution >= 4 is 34.1 Å². The summed E-state index contributed by atoms with van der Waals surface area (Å²) in [5, 5.41) is 11.1. The van der Waals surface area contributed by atoms with Gasteiger partial charge in [-0.2, -0.15) is 0 Å². The molecule has 146 valence electrons. The van der Waals surface area contributed by atoms with Crippen molar-refractivity contribution in [2.45, 2.75) is 19.0 Å². The average molecular weight is 422 g/mol. The predicted octanol–water partition coefficient (Wildman–Crippen LogP) is 4.94. The molecule has 0 atom stereocenters. The molecule has 0 fully saturated rings. The third kappa shape index (κ3) is 4.72. The first kappa shape index (κ1) is 19.4. The summed E-state index contributed by atoms with van der Waals surface area (Å²) in [7, 11) is 0. The lowest BCUT2D eigenvalue weighted by Crippen LogP contribution is -2.13. The number of carbonyl (C=O) groups excluding carboxylic acids is 1. The molecule has 0 aliphatic heterocycles. The Morgan fingerprint density at radius 3 is 2.55 bits per heavy atom. The van der Waals surface area contributed by atoms with Crippen molar-refractivity contribution < 1.29 is 4.79 Å². The molecule has 0 aliphatic rings. The molecular formula is C21H19N5OS2. The van der Waals surface area contributed by atoms with Crippen LogP contribution in [0.5, 0.6) is 0 Å². The summed E-state index contributed by atoms with van der Waals surface area (Å²) in [6.07, 6.45) is 0. The van der Waals surface area contributed by atoms with E-state index in [0.29, 0.717) is 16.1 Å². The summed E-state index contributed by atoms with van der Waals surface area (Å²) >= 11 is 2.76. The number of aryl methyl sites for hydroxylation is 2. The molecule has 4 aromatic rings. The first-order valence-corrected chi connectivity index (χ1v) is 10.8. The minimum absolute atomic E-state index is 0.134. The van der Waals surface area contributed by atoms with E-state index in [1.807, 2.05) is 68.4 Å². The molecule has 4 rings (SSSR count). The van der Waals surface area contributed by atoms with Gasteiger partial charge in [-0.25, -0.2) is 9.97 Å². The second kappa shape index (κ2) is 8.59. The van der Waals surface area contributed by atoms with Crippen molar-refractivity contribution in [2.75, 3.05) is 11.1 Å². The number of hydrogen-bond acceptors (Lipinski definition) is 6. The number of aromatic amines is 1. The number of thioether (sulfide) groups is 1. The maximum absolute atomic E-state index is 12.3. The van der Waals surface area contributed by atoms with E-state index >= 15 is 0 Å². The lowest BCUT2D eigenvalue weighted by Gasteiger charge is -1.99. The molecule has 0 unspecified atom stereocenters. The number of nitrogens with one attached hydrogen (secondary N) is 2. The highest BCUT2D eigenvalue weighted by Gasteiger charge is 2.13. The number of rotatable bonds is 6. The summed E-state index contributed by atoms with van der Waals surface area (Å²) in [5.41, 5.74) is 4.09. The van der Waals surface area contributed by atoms with Crippen molar-refractivity contribution in [1.82, 2.24) is 20.2 Å². The van der Waals surface area contributed by atoms with Crippen molar-refractivity contribution in [2.24, 2.45) is 0 Å². The molecule has 29 heavy (non-hydrogen) atoms. The molecule has 0 saturated heterocycles. The van der Waals surface area contributed by atoms with Crippen LogP contribution in [0.25, 0.3) is 22.6 Å². The molecule has 8 heteroatoms. The number of anilines is 1. The van der Waals surface area contributed by atoms with Crippen LogP contribution < -0.4 is 5.32 Å². The lowest BCUT2D eigenvalue weighted by molar-refractivity contribution is -0.113. The van der Waals surface area contributed by atoms with Crippen molar-refractivity contribution in [1.29, 1.82) is 0 Å². The average Bonchev–Trinajstić information content (AvgIpc) is 3.34. The third-order valence-corrected chi connectivity index (χ3v) is 5.95. The topological polar surface area (TPSA) is 83.6 Å². The van der Waals surface area contributed by atoms with Crippen LogP contribution >= 0.6 is 23.1 Å². The van der Waals surface area contributed by atoms with Crippen molar-refractivity contribution in [3.05, 3.63) is 65.0 Å². The molecule has 0 saturated carbocycles. The number of aromatic nitrogens is 4. The van der Waals surface area contributed by atoms with Gasteiger partial charge in [0.05, 0.1) is 11.4 Å². The van der Waals surface area contributed by atoms with Gasteiger partial charge in [0.15, 0.2) is 11.0 Å². The summed E-state index contributed by atoms with van der Waals surface area (Å²) in [6.45, 7) is 4.04. The molecule has 2 aromatic carbocycles. The Hall–Kier alpha value is -2.97. The minimum Gasteiger partial charge on any atom is -0.301 e. The van der Waals surface area contributed by atoms with E-state index < -0.39 is 0 Å². The summed E-state index contributed by atoms with van der Waals surface area (Å²) < 4.78 is 0. The van der Waals surface area contributed by atoms with Gasteiger partial charge in [-0.15, -0.1) is 16.4 Å². The van der Waals surface area contributed by atoms with Crippen molar-refractivity contribution in [3.8, 4) is 22.6 Å². The van der Waals surface area contributed by atoms with E-state index in [1.165, 1.54) is 28.7 Å². The van der Waals surface area contributed by atoms with Gasteiger partial charge in [0.1, 0.15) is 0 Å². The molecule has 2 N–H and O–H groups in total. The Morgan fingerprint density at radius 1 is 1.03 bits per heavy atom. The van der Waals surface area contributed by atoms with Crippen LogP contribution in [0.15, 0.2) is 59.8 Å². The summed E-state index contributed by atoms with van der Waals surface area (Å²) in [6, 6.07) is 18.0. The van der Waals surface area contributed by atoms with Crippen LogP contribution in [0.3, 0.4) is 0 Å². The molecule has 0 spiro atoms.